The Hall–Kier alpha value is -1.21. The maximum Gasteiger partial charge on any atom is 0.494 e. The summed E-state index contributed by atoms with van der Waals surface area (Å²) < 4.78 is 58.4. The van der Waals surface area contributed by atoms with Crippen LogP contribution >= 0.6 is 0 Å². The van der Waals surface area contributed by atoms with Gasteiger partial charge in [-0.2, -0.15) is 13.2 Å². The van der Waals surface area contributed by atoms with Crippen molar-refractivity contribution in [1.82, 2.24) is 0 Å². The van der Waals surface area contributed by atoms with E-state index >= 15 is 0 Å². The van der Waals surface area contributed by atoms with Gasteiger partial charge < -0.3 is 14.0 Å². The van der Waals surface area contributed by atoms with E-state index in [1.165, 1.54) is 0 Å². The summed E-state index contributed by atoms with van der Waals surface area (Å²) in [5.41, 5.74) is -0.993. The number of rotatable bonds is 1. The summed E-state index contributed by atoms with van der Waals surface area (Å²) in [6.45, 7) is 7.90. The zero-order valence-electron chi connectivity index (χ0n) is 14.9. The van der Waals surface area contributed by atoms with Gasteiger partial charge in [-0.3, -0.25) is 0 Å². The van der Waals surface area contributed by atoms with E-state index in [4.69, 9.17) is 14.0 Å². The summed E-state index contributed by atoms with van der Waals surface area (Å²) in [6.07, 6.45) is -1.89. The molecule has 3 aliphatic rings. The predicted molar refractivity (Wildman–Crippen MR) is 88.2 cm³/mol. The smallest absolute Gasteiger partial charge is 0.493 e. The first-order chi connectivity index (χ1) is 11.5. The monoisotopic (exact) mass is 354 g/mol. The highest BCUT2D eigenvalue weighted by Crippen LogP contribution is 2.57. The zero-order valence-corrected chi connectivity index (χ0v) is 14.9. The summed E-state index contributed by atoms with van der Waals surface area (Å²) in [5, 5.41) is 0. The third-order valence-electron chi connectivity index (χ3n) is 6.19. The number of ether oxygens (including phenoxy) is 1. The molecule has 1 aromatic carbocycles. The van der Waals surface area contributed by atoms with Crippen LogP contribution in [0.25, 0.3) is 0 Å². The first-order valence-corrected chi connectivity index (χ1v) is 8.69. The molecule has 1 saturated heterocycles. The molecule has 136 valence electrons. The highest BCUT2D eigenvalue weighted by Gasteiger charge is 2.54. The Labute approximate surface area is 146 Å². The van der Waals surface area contributed by atoms with Crippen LogP contribution in [0.3, 0.4) is 0 Å². The minimum Gasteiger partial charge on any atom is -0.493 e. The van der Waals surface area contributed by atoms with Gasteiger partial charge in [-0.15, -0.1) is 0 Å². The summed E-state index contributed by atoms with van der Waals surface area (Å²) in [6, 6.07) is 2.93. The fourth-order valence-corrected chi connectivity index (χ4v) is 3.68. The highest BCUT2D eigenvalue weighted by atomic mass is 19.4. The Kier molecular flexibility index (Phi) is 3.41. The van der Waals surface area contributed by atoms with E-state index < -0.39 is 30.1 Å². The van der Waals surface area contributed by atoms with Crippen molar-refractivity contribution in [2.75, 3.05) is 6.61 Å². The van der Waals surface area contributed by atoms with Crippen molar-refractivity contribution in [2.24, 2.45) is 0 Å². The van der Waals surface area contributed by atoms with E-state index in [1.807, 2.05) is 27.7 Å². The lowest BCUT2D eigenvalue weighted by atomic mass is 9.74. The largest absolute Gasteiger partial charge is 0.494 e. The maximum absolute atomic E-state index is 13.7. The third-order valence-corrected chi connectivity index (χ3v) is 6.19. The van der Waals surface area contributed by atoms with Crippen molar-refractivity contribution < 1.29 is 27.2 Å². The number of benzene rings is 1. The number of fused-ring (bicyclic) bond motifs is 2. The standard InChI is InChI=1S/C18H22BF3O3/c1-15(2)16(3,4)25-19(24-15)11-9-12-14(13(10-11)18(20,21)22)23-8-7-17(12)5-6-17/h9-10H,5-8H2,1-4H3. The fourth-order valence-electron chi connectivity index (χ4n) is 3.68. The number of halogens is 3. The van der Waals surface area contributed by atoms with Gasteiger partial charge in [0.1, 0.15) is 5.75 Å². The van der Waals surface area contributed by atoms with Crippen molar-refractivity contribution in [3.8, 4) is 5.75 Å². The minimum absolute atomic E-state index is 0.00322. The summed E-state index contributed by atoms with van der Waals surface area (Å²) in [7, 11) is -0.811. The minimum atomic E-state index is -4.48. The Morgan fingerprint density at radius 3 is 2.08 bits per heavy atom. The molecule has 0 N–H and O–H groups in total. The van der Waals surface area contributed by atoms with Crippen LogP contribution in [-0.2, 0) is 20.9 Å². The average Bonchev–Trinajstić information content (AvgIpc) is 3.20. The van der Waals surface area contributed by atoms with Crippen molar-refractivity contribution >= 4 is 12.6 Å². The van der Waals surface area contributed by atoms with E-state index in [-0.39, 0.29) is 11.2 Å². The van der Waals surface area contributed by atoms with Gasteiger partial charge in [-0.1, -0.05) is 6.07 Å². The van der Waals surface area contributed by atoms with Crippen LogP contribution in [0.15, 0.2) is 12.1 Å². The van der Waals surface area contributed by atoms with Crippen molar-refractivity contribution in [3.05, 3.63) is 23.3 Å². The molecule has 0 unspecified atom stereocenters. The van der Waals surface area contributed by atoms with Crippen LogP contribution < -0.4 is 10.2 Å². The molecular weight excluding hydrogens is 332 g/mol. The van der Waals surface area contributed by atoms with E-state index in [9.17, 15) is 13.2 Å². The first-order valence-electron chi connectivity index (χ1n) is 8.69. The lowest BCUT2D eigenvalue weighted by Gasteiger charge is -2.32. The van der Waals surface area contributed by atoms with Crippen molar-refractivity contribution in [1.29, 1.82) is 0 Å². The molecule has 4 rings (SSSR count). The van der Waals surface area contributed by atoms with Gasteiger partial charge in [0, 0.05) is 11.0 Å². The Morgan fingerprint density at radius 2 is 1.56 bits per heavy atom. The fraction of sp³-hybridized carbons (Fsp3) is 0.667. The lowest BCUT2D eigenvalue weighted by Crippen LogP contribution is -2.41. The van der Waals surface area contributed by atoms with Gasteiger partial charge in [0.05, 0.1) is 23.4 Å². The molecule has 1 aliphatic carbocycles. The second kappa shape index (κ2) is 4.94. The number of hydrogen-bond acceptors (Lipinski definition) is 3. The molecule has 1 aromatic rings. The predicted octanol–water partition coefficient (Wildman–Crippen LogP) is 3.82. The topological polar surface area (TPSA) is 27.7 Å². The molecule has 0 amide bonds. The average molecular weight is 354 g/mol. The number of hydrogen-bond donors (Lipinski definition) is 0. The van der Waals surface area contributed by atoms with Crippen LogP contribution in [0, 0.1) is 0 Å². The second-order valence-corrected chi connectivity index (χ2v) is 8.41. The molecule has 1 spiro atoms. The first kappa shape index (κ1) is 17.2. The molecule has 0 radical (unpaired) electrons. The van der Waals surface area contributed by atoms with Crippen LogP contribution in [0.2, 0.25) is 0 Å². The molecule has 0 atom stereocenters. The summed E-state index contributed by atoms with van der Waals surface area (Å²) in [5.74, 6) is -0.00322. The molecular formula is C18H22BF3O3. The summed E-state index contributed by atoms with van der Waals surface area (Å²) >= 11 is 0. The van der Waals surface area contributed by atoms with E-state index in [1.54, 1.807) is 6.07 Å². The number of alkyl halides is 3. The van der Waals surface area contributed by atoms with Crippen LogP contribution in [-0.4, -0.2) is 24.9 Å². The van der Waals surface area contributed by atoms with Crippen molar-refractivity contribution in [2.45, 2.75) is 69.8 Å². The van der Waals surface area contributed by atoms with Crippen molar-refractivity contribution in [3.63, 3.8) is 0 Å². The molecule has 0 bridgehead atoms. The Morgan fingerprint density at radius 1 is 0.960 bits per heavy atom. The van der Waals surface area contributed by atoms with Crippen LogP contribution in [0.5, 0.6) is 5.75 Å². The second-order valence-electron chi connectivity index (χ2n) is 8.41. The molecule has 2 aliphatic heterocycles. The quantitative estimate of drug-likeness (QED) is 0.718. The molecule has 2 fully saturated rings. The van der Waals surface area contributed by atoms with Gasteiger partial charge in [-0.05, 0) is 58.5 Å². The molecule has 2 heterocycles. The Balaban J connectivity index is 1.83. The Bertz CT molecular complexity index is 690. The molecule has 1 saturated carbocycles. The molecule has 3 nitrogen and oxygen atoms in total. The van der Waals surface area contributed by atoms with E-state index in [0.29, 0.717) is 17.6 Å². The maximum atomic E-state index is 13.7. The van der Waals surface area contributed by atoms with Gasteiger partial charge in [0.25, 0.3) is 0 Å². The van der Waals surface area contributed by atoms with E-state index in [2.05, 4.69) is 0 Å². The molecule has 25 heavy (non-hydrogen) atoms. The third kappa shape index (κ3) is 2.58. The normalized spacial score (nSPS) is 25.6. The lowest BCUT2D eigenvalue weighted by molar-refractivity contribution is -0.139. The SMILES string of the molecule is CC1(C)OB(c2cc(C(F)(F)F)c3c(c2)C2(CCO3)CC2)OC1(C)C. The van der Waals surface area contributed by atoms with Crippen LogP contribution in [0.4, 0.5) is 13.2 Å². The van der Waals surface area contributed by atoms with Gasteiger partial charge >= 0.3 is 13.3 Å². The molecule has 0 aromatic heterocycles. The van der Waals surface area contributed by atoms with Gasteiger partial charge in [-0.25, -0.2) is 0 Å². The molecule has 7 heteroatoms. The van der Waals surface area contributed by atoms with E-state index in [0.717, 1.165) is 25.3 Å². The highest BCUT2D eigenvalue weighted by molar-refractivity contribution is 6.62. The van der Waals surface area contributed by atoms with Crippen LogP contribution in [0.1, 0.15) is 58.1 Å². The summed E-state index contributed by atoms with van der Waals surface area (Å²) in [4.78, 5) is 0. The van der Waals surface area contributed by atoms with Gasteiger partial charge in [0.15, 0.2) is 0 Å². The zero-order chi connectivity index (χ0) is 18.3. The van der Waals surface area contributed by atoms with Gasteiger partial charge in [0.2, 0.25) is 0 Å².